The van der Waals surface area contributed by atoms with E-state index in [0.717, 1.165) is 10.6 Å². The summed E-state index contributed by atoms with van der Waals surface area (Å²) >= 11 is 13.8. The Morgan fingerprint density at radius 2 is 2.00 bits per heavy atom. The molecule has 0 unspecified atom stereocenters. The molecule has 0 aliphatic heterocycles. The minimum atomic E-state index is 0.321. The van der Waals surface area contributed by atoms with Gasteiger partial charge in [-0.1, -0.05) is 34.4 Å². The number of fused-ring (bicyclic) bond motifs is 1. The number of aromatic nitrogens is 5. The van der Waals surface area contributed by atoms with Crippen molar-refractivity contribution in [1.29, 1.82) is 0 Å². The van der Waals surface area contributed by atoms with Crippen LogP contribution in [-0.4, -0.2) is 24.7 Å². The second kappa shape index (κ2) is 6.45. The molecule has 0 amide bonds. The average Bonchev–Trinajstić information content (AvgIpc) is 3.41. The molecular weight excluding hydrogens is 405 g/mol. The van der Waals surface area contributed by atoms with E-state index in [-0.39, 0.29) is 0 Å². The summed E-state index contributed by atoms with van der Waals surface area (Å²) in [6, 6.07) is 11.1. The minimum absolute atomic E-state index is 0.321. The van der Waals surface area contributed by atoms with Crippen LogP contribution in [0.1, 0.15) is 0 Å². The average molecular weight is 414 g/mol. The molecule has 27 heavy (non-hydrogen) atoms. The van der Waals surface area contributed by atoms with Crippen molar-refractivity contribution in [3.63, 3.8) is 0 Å². The van der Waals surface area contributed by atoms with Gasteiger partial charge in [-0.05, 0) is 35.7 Å². The second-order valence-corrected chi connectivity index (χ2v) is 7.44. The molecule has 0 saturated carbocycles. The summed E-state index contributed by atoms with van der Waals surface area (Å²) in [6.45, 7) is 0. The van der Waals surface area contributed by atoms with Gasteiger partial charge < -0.3 is 4.52 Å². The van der Waals surface area contributed by atoms with Gasteiger partial charge in [0.2, 0.25) is 5.82 Å². The van der Waals surface area contributed by atoms with Crippen molar-refractivity contribution in [2.45, 2.75) is 0 Å². The minimum Gasteiger partial charge on any atom is -0.333 e. The zero-order valence-corrected chi connectivity index (χ0v) is 15.8. The van der Waals surface area contributed by atoms with Crippen LogP contribution in [0.4, 0.5) is 0 Å². The highest BCUT2D eigenvalue weighted by molar-refractivity contribution is 7.13. The summed E-state index contributed by atoms with van der Waals surface area (Å²) in [7, 11) is 0. The lowest BCUT2D eigenvalue weighted by Crippen LogP contribution is -1.94. The number of hydrogen-bond acceptors (Lipinski definition) is 6. The molecule has 132 valence electrons. The van der Waals surface area contributed by atoms with Gasteiger partial charge in [0.1, 0.15) is 5.56 Å². The van der Waals surface area contributed by atoms with Gasteiger partial charge in [-0.3, -0.25) is 0 Å². The molecule has 0 spiro atoms. The number of hydrogen-bond donors (Lipinski definition) is 0. The van der Waals surface area contributed by atoms with Gasteiger partial charge in [-0.15, -0.1) is 11.3 Å². The van der Waals surface area contributed by atoms with Gasteiger partial charge in [0.05, 0.1) is 21.8 Å². The van der Waals surface area contributed by atoms with Gasteiger partial charge in [0.25, 0.3) is 5.89 Å². The lowest BCUT2D eigenvalue weighted by molar-refractivity contribution is 0.432. The molecule has 0 aliphatic rings. The largest absolute Gasteiger partial charge is 0.333 e. The fourth-order valence-electron chi connectivity index (χ4n) is 2.77. The Morgan fingerprint density at radius 1 is 1.07 bits per heavy atom. The standard InChI is InChI=1S/C18H9Cl2N5OS/c19-10-3-4-11(13(20)8-10)16-23-18(26-24-16)12-9-22-25-14(5-6-21-17(12)25)15-2-1-7-27-15/h1-9H. The quantitative estimate of drug-likeness (QED) is 0.391. The monoisotopic (exact) mass is 413 g/mol. The number of halogens is 2. The van der Waals surface area contributed by atoms with Crippen LogP contribution in [0.25, 0.3) is 39.1 Å². The van der Waals surface area contributed by atoms with Crippen LogP contribution in [0.3, 0.4) is 0 Å². The first-order valence-electron chi connectivity index (χ1n) is 7.87. The molecule has 0 N–H and O–H groups in total. The fourth-order valence-corrected chi connectivity index (χ4v) is 4.00. The van der Waals surface area contributed by atoms with Gasteiger partial charge in [-0.2, -0.15) is 10.1 Å². The zero-order chi connectivity index (χ0) is 18.4. The third kappa shape index (κ3) is 2.80. The highest BCUT2D eigenvalue weighted by Gasteiger charge is 2.19. The van der Waals surface area contributed by atoms with E-state index in [0.29, 0.717) is 38.5 Å². The maximum Gasteiger partial charge on any atom is 0.263 e. The van der Waals surface area contributed by atoms with E-state index in [1.807, 2.05) is 23.6 Å². The van der Waals surface area contributed by atoms with Crippen LogP contribution < -0.4 is 0 Å². The van der Waals surface area contributed by atoms with Crippen LogP contribution in [-0.2, 0) is 0 Å². The predicted octanol–water partition coefficient (Wildman–Crippen LogP) is 5.48. The van der Waals surface area contributed by atoms with Crippen molar-refractivity contribution in [2.24, 2.45) is 0 Å². The van der Waals surface area contributed by atoms with Crippen molar-refractivity contribution < 1.29 is 4.52 Å². The van der Waals surface area contributed by atoms with Crippen molar-refractivity contribution >= 4 is 40.2 Å². The van der Waals surface area contributed by atoms with Crippen molar-refractivity contribution in [2.75, 3.05) is 0 Å². The SMILES string of the molecule is Clc1ccc(-c2noc(-c3cnn4c(-c5cccs5)ccnc34)n2)c(Cl)c1. The third-order valence-corrected chi connectivity index (χ3v) is 5.44. The number of thiophene rings is 1. The third-order valence-electron chi connectivity index (χ3n) is 4.00. The summed E-state index contributed by atoms with van der Waals surface area (Å²) < 4.78 is 7.21. The molecular formula is C18H9Cl2N5OS. The molecule has 0 radical (unpaired) electrons. The summed E-state index contributed by atoms with van der Waals surface area (Å²) in [5.74, 6) is 0.697. The Labute approximate surface area is 167 Å². The fraction of sp³-hybridized carbons (Fsp3) is 0. The zero-order valence-electron chi connectivity index (χ0n) is 13.5. The molecule has 5 aromatic rings. The Bertz CT molecular complexity index is 1260. The smallest absolute Gasteiger partial charge is 0.263 e. The van der Waals surface area contributed by atoms with Crippen LogP contribution in [0.15, 0.2) is 58.7 Å². The van der Waals surface area contributed by atoms with E-state index in [9.17, 15) is 0 Å². The maximum atomic E-state index is 6.24. The lowest BCUT2D eigenvalue weighted by Gasteiger charge is -2.01. The van der Waals surface area contributed by atoms with Gasteiger partial charge in [-0.25, -0.2) is 9.50 Å². The van der Waals surface area contributed by atoms with E-state index in [2.05, 4.69) is 20.2 Å². The first-order chi connectivity index (χ1) is 13.2. The molecule has 4 heterocycles. The first-order valence-corrected chi connectivity index (χ1v) is 9.50. The van der Waals surface area contributed by atoms with Crippen molar-refractivity contribution in [1.82, 2.24) is 24.7 Å². The molecule has 0 bridgehead atoms. The summed E-state index contributed by atoms with van der Waals surface area (Å²) in [4.78, 5) is 9.99. The molecule has 9 heteroatoms. The number of benzene rings is 1. The first kappa shape index (κ1) is 16.4. The van der Waals surface area contributed by atoms with Crippen LogP contribution >= 0.6 is 34.5 Å². The highest BCUT2D eigenvalue weighted by Crippen LogP contribution is 2.32. The van der Waals surface area contributed by atoms with E-state index < -0.39 is 0 Å². The summed E-state index contributed by atoms with van der Waals surface area (Å²) in [6.07, 6.45) is 3.41. The maximum absolute atomic E-state index is 6.24. The summed E-state index contributed by atoms with van der Waals surface area (Å²) in [5, 5.41) is 11.5. The Hall–Kier alpha value is -2.74. The highest BCUT2D eigenvalue weighted by atomic mass is 35.5. The molecule has 5 rings (SSSR count). The Balaban J connectivity index is 1.61. The van der Waals surface area contributed by atoms with Gasteiger partial charge >= 0.3 is 0 Å². The molecule has 0 saturated heterocycles. The van der Waals surface area contributed by atoms with E-state index in [4.69, 9.17) is 27.7 Å². The Kier molecular flexibility index (Phi) is 3.93. The Morgan fingerprint density at radius 3 is 2.81 bits per heavy atom. The van der Waals surface area contributed by atoms with E-state index in [1.165, 1.54) is 0 Å². The molecule has 0 atom stereocenters. The van der Waals surface area contributed by atoms with Gasteiger partial charge in [0.15, 0.2) is 5.65 Å². The van der Waals surface area contributed by atoms with E-state index >= 15 is 0 Å². The second-order valence-electron chi connectivity index (χ2n) is 5.65. The lowest BCUT2D eigenvalue weighted by atomic mass is 10.2. The van der Waals surface area contributed by atoms with Crippen molar-refractivity contribution in [3.8, 4) is 33.4 Å². The number of rotatable bonds is 3. The van der Waals surface area contributed by atoms with Crippen LogP contribution in [0, 0.1) is 0 Å². The molecule has 0 fully saturated rings. The molecule has 1 aromatic carbocycles. The van der Waals surface area contributed by atoms with E-state index in [1.54, 1.807) is 46.4 Å². The molecule has 4 aromatic heterocycles. The normalized spacial score (nSPS) is 11.3. The van der Waals surface area contributed by atoms with Crippen LogP contribution in [0.5, 0.6) is 0 Å². The number of nitrogens with zero attached hydrogens (tertiary/aromatic N) is 5. The molecule has 0 aliphatic carbocycles. The topological polar surface area (TPSA) is 69.1 Å². The van der Waals surface area contributed by atoms with Crippen molar-refractivity contribution in [3.05, 3.63) is 64.2 Å². The van der Waals surface area contributed by atoms with Crippen LogP contribution in [0.2, 0.25) is 10.0 Å². The van der Waals surface area contributed by atoms with Gasteiger partial charge in [0, 0.05) is 16.8 Å². The predicted molar refractivity (Wildman–Crippen MR) is 105 cm³/mol. The summed E-state index contributed by atoms with van der Waals surface area (Å²) in [5.41, 5.74) is 2.87. The molecule has 6 nitrogen and oxygen atoms in total.